The Morgan fingerprint density at radius 3 is 1.59 bits per heavy atom. The molecule has 0 amide bonds. The quantitative estimate of drug-likeness (QED) is 0.0210. The summed E-state index contributed by atoms with van der Waals surface area (Å²) in [5, 5.41) is 0. The fraction of sp³-hybridized carbons (Fsp3) is 0.854. The molecule has 0 bridgehead atoms. The van der Waals surface area contributed by atoms with Gasteiger partial charge in [-0.2, -0.15) is 0 Å². The molecule has 0 saturated carbocycles. The normalized spacial score (nSPS) is 13.1. The number of phosphoric acid groups is 1. The predicted molar refractivity (Wildman–Crippen MR) is 209 cm³/mol. The molecule has 1 unspecified atom stereocenters. The van der Waals surface area contributed by atoms with Crippen molar-refractivity contribution in [2.45, 2.75) is 200 Å². The summed E-state index contributed by atoms with van der Waals surface area (Å²) in [5.41, 5.74) is 5.34. The summed E-state index contributed by atoms with van der Waals surface area (Å²) in [7, 11) is -4.38. The molecule has 0 aromatic rings. The maximum absolute atomic E-state index is 12.5. The van der Waals surface area contributed by atoms with E-state index in [2.05, 4.69) is 37.8 Å². The topological polar surface area (TPSA) is 134 Å². The lowest BCUT2D eigenvalue weighted by Crippen LogP contribution is -2.29. The van der Waals surface area contributed by atoms with Crippen molar-refractivity contribution < 1.29 is 37.6 Å². The summed E-state index contributed by atoms with van der Waals surface area (Å²) in [6, 6.07) is 0. The number of carbonyl (C=O) groups excluding carboxylic acids is 2. The molecule has 0 heterocycles. The first-order chi connectivity index (χ1) is 24.8. The van der Waals surface area contributed by atoms with E-state index >= 15 is 0 Å². The molecule has 0 aliphatic rings. The molecule has 0 fully saturated rings. The average Bonchev–Trinajstić information content (AvgIpc) is 3.11. The van der Waals surface area contributed by atoms with E-state index in [1.54, 1.807) is 0 Å². The molecule has 51 heavy (non-hydrogen) atoms. The highest BCUT2D eigenvalue weighted by atomic mass is 31.2. The van der Waals surface area contributed by atoms with Crippen LogP contribution in [-0.2, 0) is 32.7 Å². The lowest BCUT2D eigenvalue weighted by Gasteiger charge is -2.19. The van der Waals surface area contributed by atoms with Crippen LogP contribution in [-0.4, -0.2) is 49.3 Å². The van der Waals surface area contributed by atoms with E-state index in [1.165, 1.54) is 83.5 Å². The Bertz CT molecular complexity index is 948. The van der Waals surface area contributed by atoms with E-state index in [4.69, 9.17) is 24.3 Å². The number of hydrogen-bond acceptors (Lipinski definition) is 8. The van der Waals surface area contributed by atoms with E-state index in [0.717, 1.165) is 70.6 Å². The third kappa shape index (κ3) is 37.9. The van der Waals surface area contributed by atoms with Crippen molar-refractivity contribution in [3.8, 4) is 11.8 Å². The lowest BCUT2D eigenvalue weighted by molar-refractivity contribution is -0.161. The first-order valence-electron chi connectivity index (χ1n) is 20.6. The van der Waals surface area contributed by atoms with Gasteiger partial charge in [-0.1, -0.05) is 129 Å². The van der Waals surface area contributed by atoms with Crippen molar-refractivity contribution in [2.75, 3.05) is 26.4 Å². The van der Waals surface area contributed by atoms with Crippen molar-refractivity contribution in [1.29, 1.82) is 0 Å². The van der Waals surface area contributed by atoms with Crippen LogP contribution in [0.3, 0.4) is 0 Å². The van der Waals surface area contributed by atoms with Crippen LogP contribution in [0.1, 0.15) is 194 Å². The van der Waals surface area contributed by atoms with Crippen LogP contribution in [0.5, 0.6) is 0 Å². The molecule has 0 aliphatic heterocycles. The lowest BCUT2D eigenvalue weighted by atomic mass is 10.1. The van der Waals surface area contributed by atoms with Gasteiger partial charge in [-0.3, -0.25) is 18.6 Å². The van der Waals surface area contributed by atoms with E-state index in [9.17, 15) is 19.0 Å². The first kappa shape index (κ1) is 49.3. The molecule has 0 aliphatic carbocycles. The van der Waals surface area contributed by atoms with Crippen molar-refractivity contribution in [1.82, 2.24) is 0 Å². The molecule has 2 atom stereocenters. The SMILES string of the molecule is CCCCCCCCC#CCCCCCCCC(=O)OC[C@H](COP(=O)(O)OCCN)OC(=O)CCCCCCC/C=C\CCCCCCCC. The van der Waals surface area contributed by atoms with Crippen LogP contribution < -0.4 is 5.73 Å². The summed E-state index contributed by atoms with van der Waals surface area (Å²) in [5.74, 6) is 5.71. The van der Waals surface area contributed by atoms with Gasteiger partial charge in [-0.15, -0.1) is 11.8 Å². The summed E-state index contributed by atoms with van der Waals surface area (Å²) in [6.07, 6.45) is 33.7. The van der Waals surface area contributed by atoms with Gasteiger partial charge in [-0.05, 0) is 51.4 Å². The van der Waals surface area contributed by atoms with Crippen LogP contribution >= 0.6 is 7.82 Å². The zero-order valence-electron chi connectivity index (χ0n) is 32.7. The van der Waals surface area contributed by atoms with Crippen molar-refractivity contribution in [2.24, 2.45) is 5.73 Å². The molecule has 298 valence electrons. The minimum absolute atomic E-state index is 0.0489. The number of phosphoric ester groups is 1. The fourth-order valence-corrected chi connectivity index (χ4v) is 6.29. The summed E-state index contributed by atoms with van der Waals surface area (Å²) in [4.78, 5) is 34.8. The summed E-state index contributed by atoms with van der Waals surface area (Å²) < 4.78 is 32.7. The third-order valence-corrected chi connectivity index (χ3v) is 9.61. The molecule has 3 N–H and O–H groups in total. The van der Waals surface area contributed by atoms with E-state index in [-0.39, 0.29) is 32.6 Å². The minimum Gasteiger partial charge on any atom is -0.462 e. The number of allylic oxidation sites excluding steroid dienone is 2. The summed E-state index contributed by atoms with van der Waals surface area (Å²) in [6.45, 7) is 3.67. The number of rotatable bonds is 37. The predicted octanol–water partition coefficient (Wildman–Crippen LogP) is 11.1. The Balaban J connectivity index is 4.21. The van der Waals surface area contributed by atoms with Gasteiger partial charge in [0.05, 0.1) is 13.2 Å². The van der Waals surface area contributed by atoms with Gasteiger partial charge in [-0.25, -0.2) is 4.57 Å². The van der Waals surface area contributed by atoms with Gasteiger partial charge in [0, 0.05) is 32.2 Å². The number of nitrogens with two attached hydrogens (primary N) is 1. The minimum atomic E-state index is -4.38. The van der Waals surface area contributed by atoms with Gasteiger partial charge in [0.2, 0.25) is 0 Å². The molecule has 0 radical (unpaired) electrons. The highest BCUT2D eigenvalue weighted by Crippen LogP contribution is 2.43. The standard InChI is InChI=1S/C41H76NO8P/c1-3-5-7-9-11-13-15-17-19-21-23-25-27-29-31-33-40(43)47-37-39(38-49-51(45,46)48-36-35-42)50-41(44)34-32-30-28-26-24-22-20-18-16-14-12-10-8-6-4-2/h18,20,39H,3-16,21-38,42H2,1-2H3,(H,45,46)/b20-18-/t39-/m1/s1. The molecule has 0 saturated heterocycles. The van der Waals surface area contributed by atoms with E-state index in [0.29, 0.717) is 12.8 Å². The van der Waals surface area contributed by atoms with E-state index in [1.807, 2.05) is 0 Å². The van der Waals surface area contributed by atoms with Crippen LogP contribution in [0.15, 0.2) is 12.2 Å². The van der Waals surface area contributed by atoms with Crippen LogP contribution in [0.25, 0.3) is 0 Å². The Labute approximate surface area is 312 Å². The molecule has 9 nitrogen and oxygen atoms in total. The number of ether oxygens (including phenoxy) is 2. The van der Waals surface area contributed by atoms with Crippen LogP contribution in [0.2, 0.25) is 0 Å². The average molecular weight is 742 g/mol. The largest absolute Gasteiger partial charge is 0.472 e. The maximum Gasteiger partial charge on any atom is 0.472 e. The van der Waals surface area contributed by atoms with Gasteiger partial charge < -0.3 is 20.1 Å². The molecule has 0 spiro atoms. The zero-order valence-corrected chi connectivity index (χ0v) is 33.6. The Hall–Kier alpha value is -1.69. The number of esters is 2. The molecular weight excluding hydrogens is 665 g/mol. The van der Waals surface area contributed by atoms with Gasteiger partial charge in [0.15, 0.2) is 6.10 Å². The van der Waals surface area contributed by atoms with Crippen molar-refractivity contribution in [3.63, 3.8) is 0 Å². The van der Waals surface area contributed by atoms with Gasteiger partial charge >= 0.3 is 19.8 Å². The second kappa shape index (κ2) is 38.0. The highest BCUT2D eigenvalue weighted by Gasteiger charge is 2.26. The number of carbonyl (C=O) groups is 2. The summed E-state index contributed by atoms with van der Waals surface area (Å²) >= 11 is 0. The molecular formula is C41H76NO8P. The van der Waals surface area contributed by atoms with Gasteiger partial charge in [0.1, 0.15) is 6.61 Å². The second-order valence-electron chi connectivity index (χ2n) is 13.7. The molecule has 0 aromatic heterocycles. The highest BCUT2D eigenvalue weighted by molar-refractivity contribution is 7.47. The Kier molecular flexibility index (Phi) is 36.8. The van der Waals surface area contributed by atoms with Crippen LogP contribution in [0, 0.1) is 11.8 Å². The first-order valence-corrected chi connectivity index (χ1v) is 22.1. The number of hydrogen-bond donors (Lipinski definition) is 2. The fourth-order valence-electron chi connectivity index (χ4n) is 5.53. The van der Waals surface area contributed by atoms with Crippen molar-refractivity contribution >= 4 is 19.8 Å². The Morgan fingerprint density at radius 2 is 1.08 bits per heavy atom. The van der Waals surface area contributed by atoms with Crippen LogP contribution in [0.4, 0.5) is 0 Å². The second-order valence-corrected chi connectivity index (χ2v) is 15.1. The van der Waals surface area contributed by atoms with Gasteiger partial charge in [0.25, 0.3) is 0 Å². The zero-order chi connectivity index (χ0) is 37.5. The molecule has 0 aromatic carbocycles. The smallest absolute Gasteiger partial charge is 0.462 e. The maximum atomic E-state index is 12.5. The Morgan fingerprint density at radius 1 is 0.627 bits per heavy atom. The van der Waals surface area contributed by atoms with E-state index < -0.39 is 32.5 Å². The molecule has 10 heteroatoms. The van der Waals surface area contributed by atoms with Crippen molar-refractivity contribution in [3.05, 3.63) is 12.2 Å². The number of unbranched alkanes of at least 4 members (excludes halogenated alkanes) is 22. The molecule has 0 rings (SSSR count). The monoisotopic (exact) mass is 742 g/mol. The third-order valence-electron chi connectivity index (χ3n) is 8.63.